The Morgan fingerprint density at radius 3 is 3.00 bits per heavy atom. The van der Waals surface area contributed by atoms with Crippen LogP contribution < -0.4 is 5.43 Å². The molecule has 1 fully saturated rings. The molecule has 0 spiro atoms. The van der Waals surface area contributed by atoms with E-state index in [0.717, 1.165) is 29.6 Å². The zero-order valence-electron chi connectivity index (χ0n) is 9.30. The van der Waals surface area contributed by atoms with Crippen LogP contribution in [0.2, 0.25) is 0 Å². The molecule has 1 aliphatic carbocycles. The van der Waals surface area contributed by atoms with E-state index >= 15 is 0 Å². The first-order chi connectivity index (χ1) is 8.24. The van der Waals surface area contributed by atoms with Crippen molar-refractivity contribution < 1.29 is 9.90 Å². The zero-order valence-corrected chi connectivity index (χ0v) is 10.1. The average molecular weight is 254 g/mol. The first-order valence-electron chi connectivity index (χ1n) is 5.80. The van der Waals surface area contributed by atoms with Crippen molar-refractivity contribution in [1.29, 1.82) is 0 Å². The van der Waals surface area contributed by atoms with E-state index in [1.807, 2.05) is 4.68 Å². The van der Waals surface area contributed by atoms with Gasteiger partial charge in [0.05, 0.1) is 12.5 Å². The molecule has 1 atom stereocenters. The van der Waals surface area contributed by atoms with Crippen molar-refractivity contribution in [2.75, 3.05) is 11.2 Å². The lowest BCUT2D eigenvalue weighted by Crippen LogP contribution is -2.37. The highest BCUT2D eigenvalue weighted by Crippen LogP contribution is 2.37. The molecule has 2 N–H and O–H groups in total. The number of carbonyl (C=O) groups is 1. The van der Waals surface area contributed by atoms with E-state index in [1.165, 1.54) is 6.42 Å². The second-order valence-electron chi connectivity index (χ2n) is 4.54. The second kappa shape index (κ2) is 4.21. The number of nitrogens with one attached hydrogen (secondary N) is 1. The molecule has 0 amide bonds. The van der Waals surface area contributed by atoms with Gasteiger partial charge in [-0.15, -0.1) is 10.2 Å². The standard InChI is InChI=1S/C10H14N4O2S/c15-8(16)4-7-5-17-10-12-11-9(14(10)13-7)6-2-1-3-6/h6-7,13H,1-5H2,(H,15,16). The number of carboxylic acid groups (broad SMARTS) is 1. The molecule has 2 heterocycles. The van der Waals surface area contributed by atoms with E-state index in [1.54, 1.807) is 11.8 Å². The summed E-state index contributed by atoms with van der Waals surface area (Å²) in [4.78, 5) is 10.7. The van der Waals surface area contributed by atoms with Crippen LogP contribution in [0.15, 0.2) is 5.16 Å². The molecule has 0 saturated heterocycles. The quantitative estimate of drug-likeness (QED) is 0.839. The Morgan fingerprint density at radius 1 is 1.53 bits per heavy atom. The zero-order chi connectivity index (χ0) is 11.8. The van der Waals surface area contributed by atoms with Crippen molar-refractivity contribution in [2.45, 2.75) is 42.8 Å². The normalized spacial score (nSPS) is 23.6. The Hall–Kier alpha value is -1.24. The van der Waals surface area contributed by atoms with E-state index in [4.69, 9.17) is 5.11 Å². The third-order valence-electron chi connectivity index (χ3n) is 3.28. The van der Waals surface area contributed by atoms with Crippen molar-refractivity contribution in [3.8, 4) is 0 Å². The van der Waals surface area contributed by atoms with E-state index < -0.39 is 5.97 Å². The van der Waals surface area contributed by atoms with E-state index in [9.17, 15) is 4.79 Å². The lowest BCUT2D eigenvalue weighted by molar-refractivity contribution is -0.137. The molecule has 6 nitrogen and oxygen atoms in total. The third kappa shape index (κ3) is 1.99. The maximum Gasteiger partial charge on any atom is 0.305 e. The minimum Gasteiger partial charge on any atom is -0.481 e. The van der Waals surface area contributed by atoms with Gasteiger partial charge >= 0.3 is 5.97 Å². The molecule has 0 aromatic carbocycles. The van der Waals surface area contributed by atoms with Gasteiger partial charge in [0.2, 0.25) is 5.16 Å². The highest BCUT2D eigenvalue weighted by molar-refractivity contribution is 7.99. The summed E-state index contributed by atoms with van der Waals surface area (Å²) in [7, 11) is 0. The Kier molecular flexibility index (Phi) is 2.70. The molecule has 3 rings (SSSR count). The summed E-state index contributed by atoms with van der Waals surface area (Å²) in [5, 5.41) is 18.0. The van der Waals surface area contributed by atoms with Crippen LogP contribution in [0.4, 0.5) is 0 Å². The van der Waals surface area contributed by atoms with Crippen LogP contribution in [0.25, 0.3) is 0 Å². The summed E-state index contributed by atoms with van der Waals surface area (Å²) < 4.78 is 1.89. The molecule has 92 valence electrons. The van der Waals surface area contributed by atoms with Gasteiger partial charge in [0.15, 0.2) is 5.82 Å². The maximum absolute atomic E-state index is 10.7. The fraction of sp³-hybridized carbons (Fsp3) is 0.700. The molecule has 1 saturated carbocycles. The maximum atomic E-state index is 10.7. The van der Waals surface area contributed by atoms with Gasteiger partial charge in [0.25, 0.3) is 0 Å². The molecule has 2 aliphatic rings. The second-order valence-corrected chi connectivity index (χ2v) is 5.53. The van der Waals surface area contributed by atoms with Crippen molar-refractivity contribution in [2.24, 2.45) is 0 Å². The van der Waals surface area contributed by atoms with Gasteiger partial charge in [-0.25, -0.2) is 4.68 Å². The minimum absolute atomic E-state index is 0.0418. The van der Waals surface area contributed by atoms with Gasteiger partial charge in [-0.1, -0.05) is 18.2 Å². The summed E-state index contributed by atoms with van der Waals surface area (Å²) in [5.74, 6) is 1.42. The van der Waals surface area contributed by atoms with Gasteiger partial charge in [0, 0.05) is 11.7 Å². The summed E-state index contributed by atoms with van der Waals surface area (Å²) >= 11 is 1.58. The number of aliphatic carboxylic acids is 1. The predicted octanol–water partition coefficient (Wildman–Crippen LogP) is 1.04. The van der Waals surface area contributed by atoms with Crippen molar-refractivity contribution in [3.05, 3.63) is 5.82 Å². The highest BCUT2D eigenvalue weighted by atomic mass is 32.2. The summed E-state index contributed by atoms with van der Waals surface area (Å²) in [6, 6.07) is -0.0418. The fourth-order valence-corrected chi connectivity index (χ4v) is 3.05. The topological polar surface area (TPSA) is 80.0 Å². The number of hydrogen-bond acceptors (Lipinski definition) is 5. The lowest BCUT2D eigenvalue weighted by atomic mass is 9.85. The smallest absolute Gasteiger partial charge is 0.305 e. The number of thioether (sulfide) groups is 1. The van der Waals surface area contributed by atoms with Crippen LogP contribution in [0.3, 0.4) is 0 Å². The van der Waals surface area contributed by atoms with Crippen LogP contribution in [0, 0.1) is 0 Å². The molecule has 0 bridgehead atoms. The molecular formula is C10H14N4O2S. The van der Waals surface area contributed by atoms with Crippen LogP contribution in [0.1, 0.15) is 37.4 Å². The van der Waals surface area contributed by atoms with Gasteiger partial charge in [-0.3, -0.25) is 4.79 Å². The average Bonchev–Trinajstić information content (AvgIpc) is 2.58. The molecule has 1 aliphatic heterocycles. The van der Waals surface area contributed by atoms with Gasteiger partial charge in [0.1, 0.15) is 0 Å². The Bertz CT molecular complexity index is 444. The van der Waals surface area contributed by atoms with Crippen molar-refractivity contribution >= 4 is 17.7 Å². The van der Waals surface area contributed by atoms with Crippen LogP contribution in [-0.4, -0.2) is 37.7 Å². The summed E-state index contributed by atoms with van der Waals surface area (Å²) in [5.41, 5.74) is 3.22. The molecule has 0 radical (unpaired) electrons. The molecule has 1 aromatic heterocycles. The third-order valence-corrected chi connectivity index (χ3v) is 4.37. The number of hydrogen-bond donors (Lipinski definition) is 2. The first-order valence-corrected chi connectivity index (χ1v) is 6.79. The SMILES string of the molecule is O=C(O)CC1CSc2nnc(C3CCC3)n2N1. The van der Waals surface area contributed by atoms with Gasteiger partial charge < -0.3 is 10.5 Å². The molecule has 1 unspecified atom stereocenters. The number of carboxylic acids is 1. The molecule has 7 heteroatoms. The van der Waals surface area contributed by atoms with E-state index in [0.29, 0.717) is 5.92 Å². The summed E-state index contributed by atoms with van der Waals surface area (Å²) in [6.45, 7) is 0. The molecular weight excluding hydrogens is 240 g/mol. The van der Waals surface area contributed by atoms with Gasteiger partial charge in [-0.05, 0) is 12.8 Å². The van der Waals surface area contributed by atoms with Crippen molar-refractivity contribution in [1.82, 2.24) is 14.9 Å². The van der Waals surface area contributed by atoms with Crippen LogP contribution in [0.5, 0.6) is 0 Å². The van der Waals surface area contributed by atoms with E-state index in [2.05, 4.69) is 15.6 Å². The lowest BCUT2D eigenvalue weighted by Gasteiger charge is -2.29. The Labute approximate surface area is 103 Å². The Morgan fingerprint density at radius 2 is 2.35 bits per heavy atom. The highest BCUT2D eigenvalue weighted by Gasteiger charge is 2.30. The number of aromatic nitrogens is 3. The number of nitrogens with zero attached hydrogens (tertiary/aromatic N) is 3. The monoisotopic (exact) mass is 254 g/mol. The first kappa shape index (κ1) is 10.9. The fourth-order valence-electron chi connectivity index (χ4n) is 2.14. The molecule has 1 aromatic rings. The minimum atomic E-state index is -0.773. The largest absolute Gasteiger partial charge is 0.481 e. The number of rotatable bonds is 3. The Balaban J connectivity index is 1.79. The van der Waals surface area contributed by atoms with Crippen molar-refractivity contribution in [3.63, 3.8) is 0 Å². The van der Waals surface area contributed by atoms with Crippen LogP contribution >= 0.6 is 11.8 Å². The van der Waals surface area contributed by atoms with Gasteiger partial charge in [-0.2, -0.15) is 0 Å². The molecule has 17 heavy (non-hydrogen) atoms. The van der Waals surface area contributed by atoms with Crippen LogP contribution in [-0.2, 0) is 4.79 Å². The van der Waals surface area contributed by atoms with E-state index in [-0.39, 0.29) is 12.5 Å². The number of fused-ring (bicyclic) bond motifs is 1. The summed E-state index contributed by atoms with van der Waals surface area (Å²) in [6.07, 6.45) is 3.70. The predicted molar refractivity (Wildman–Crippen MR) is 62.7 cm³/mol.